The number of esters is 1. The van der Waals surface area contributed by atoms with Crippen molar-refractivity contribution in [3.8, 4) is 0 Å². The van der Waals surface area contributed by atoms with Crippen molar-refractivity contribution in [1.29, 1.82) is 0 Å². The van der Waals surface area contributed by atoms with E-state index in [4.69, 9.17) is 4.74 Å². The molecule has 0 spiro atoms. The van der Waals surface area contributed by atoms with E-state index in [1.54, 1.807) is 0 Å². The van der Waals surface area contributed by atoms with Gasteiger partial charge in [0.1, 0.15) is 0 Å². The molecular weight excluding hydrogens is 226 g/mol. The van der Waals surface area contributed by atoms with Crippen molar-refractivity contribution >= 4 is 11.7 Å². The Bertz CT molecular complexity index is 460. The molecule has 0 aliphatic carbocycles. The Hall–Kier alpha value is -1.51. The van der Waals surface area contributed by atoms with Crippen LogP contribution in [0.4, 0.5) is 5.69 Å². The van der Waals surface area contributed by atoms with Crippen LogP contribution in [0.25, 0.3) is 0 Å². The van der Waals surface area contributed by atoms with Crippen LogP contribution >= 0.6 is 0 Å². The molecule has 3 nitrogen and oxygen atoms in total. The first kappa shape index (κ1) is 12.9. The van der Waals surface area contributed by atoms with Crippen molar-refractivity contribution in [1.82, 2.24) is 0 Å². The van der Waals surface area contributed by atoms with Crippen molar-refractivity contribution in [3.05, 3.63) is 29.3 Å². The van der Waals surface area contributed by atoms with E-state index in [0.717, 1.165) is 19.5 Å². The van der Waals surface area contributed by atoms with Crippen molar-refractivity contribution in [2.24, 2.45) is 5.41 Å². The molecule has 0 saturated heterocycles. The average Bonchev–Trinajstić information content (AvgIpc) is 2.68. The summed E-state index contributed by atoms with van der Waals surface area (Å²) in [5, 5.41) is 0. The number of benzene rings is 1. The van der Waals surface area contributed by atoms with Gasteiger partial charge >= 0.3 is 5.97 Å². The van der Waals surface area contributed by atoms with Crippen molar-refractivity contribution in [2.45, 2.75) is 27.2 Å². The molecule has 1 aliphatic rings. The minimum absolute atomic E-state index is 0.253. The lowest BCUT2D eigenvalue weighted by atomic mass is 9.96. The zero-order chi connectivity index (χ0) is 13.3. The van der Waals surface area contributed by atoms with Crippen molar-refractivity contribution in [3.63, 3.8) is 0 Å². The average molecular weight is 247 g/mol. The third kappa shape index (κ3) is 2.66. The number of ether oxygens (including phenoxy) is 1. The quantitative estimate of drug-likeness (QED) is 0.753. The topological polar surface area (TPSA) is 29.5 Å². The fraction of sp³-hybridized carbons (Fsp3) is 0.533. The zero-order valence-corrected chi connectivity index (χ0v) is 11.6. The number of carbonyl (C=O) groups is 1. The van der Waals surface area contributed by atoms with Gasteiger partial charge in [-0.1, -0.05) is 26.8 Å². The van der Waals surface area contributed by atoms with E-state index < -0.39 is 0 Å². The largest absolute Gasteiger partial charge is 0.465 e. The van der Waals surface area contributed by atoms with Gasteiger partial charge in [0, 0.05) is 18.8 Å². The van der Waals surface area contributed by atoms with Crippen LogP contribution in [0.2, 0.25) is 0 Å². The number of fused-ring (bicyclic) bond motifs is 1. The van der Waals surface area contributed by atoms with Crippen LogP contribution in [-0.4, -0.2) is 26.2 Å². The van der Waals surface area contributed by atoms with Gasteiger partial charge in [0.05, 0.1) is 12.7 Å². The maximum atomic E-state index is 11.6. The predicted octanol–water partition coefficient (Wildman–Crippen LogP) is 2.88. The van der Waals surface area contributed by atoms with Gasteiger partial charge in [0.2, 0.25) is 0 Å². The van der Waals surface area contributed by atoms with Crippen LogP contribution in [-0.2, 0) is 11.2 Å². The highest BCUT2D eigenvalue weighted by atomic mass is 16.5. The third-order valence-corrected chi connectivity index (χ3v) is 3.16. The molecule has 1 aromatic rings. The monoisotopic (exact) mass is 247 g/mol. The van der Waals surface area contributed by atoms with Gasteiger partial charge < -0.3 is 9.64 Å². The SMILES string of the molecule is COC(=O)c1ccc2c(c1)N(CC(C)(C)C)CC2. The fourth-order valence-electron chi connectivity index (χ4n) is 2.43. The summed E-state index contributed by atoms with van der Waals surface area (Å²) in [7, 11) is 1.42. The summed E-state index contributed by atoms with van der Waals surface area (Å²) in [6.45, 7) is 8.74. The Morgan fingerprint density at radius 2 is 2.11 bits per heavy atom. The first-order valence-corrected chi connectivity index (χ1v) is 6.37. The van der Waals surface area contributed by atoms with E-state index in [9.17, 15) is 4.79 Å². The number of methoxy groups -OCH3 is 1. The molecular formula is C15H21NO2. The van der Waals surface area contributed by atoms with Crippen LogP contribution in [0.5, 0.6) is 0 Å². The molecule has 0 saturated carbocycles. The Kier molecular flexibility index (Phi) is 3.33. The number of anilines is 1. The number of nitrogens with zero attached hydrogens (tertiary/aromatic N) is 1. The fourth-order valence-corrected chi connectivity index (χ4v) is 2.43. The lowest BCUT2D eigenvalue weighted by Crippen LogP contribution is -2.31. The Morgan fingerprint density at radius 1 is 1.39 bits per heavy atom. The normalized spacial score (nSPS) is 14.6. The zero-order valence-electron chi connectivity index (χ0n) is 11.6. The number of hydrogen-bond donors (Lipinski definition) is 0. The minimum Gasteiger partial charge on any atom is -0.465 e. The molecule has 0 bridgehead atoms. The summed E-state index contributed by atoms with van der Waals surface area (Å²) < 4.78 is 4.77. The maximum Gasteiger partial charge on any atom is 0.337 e. The molecule has 0 N–H and O–H groups in total. The molecule has 1 aromatic carbocycles. The first-order valence-electron chi connectivity index (χ1n) is 6.37. The van der Waals surface area contributed by atoms with Gasteiger partial charge in [0.25, 0.3) is 0 Å². The van der Waals surface area contributed by atoms with Crippen LogP contribution in [0.1, 0.15) is 36.7 Å². The minimum atomic E-state index is -0.264. The summed E-state index contributed by atoms with van der Waals surface area (Å²) in [6.07, 6.45) is 1.06. The molecule has 2 rings (SSSR count). The lowest BCUT2D eigenvalue weighted by Gasteiger charge is -2.28. The molecule has 0 amide bonds. The highest BCUT2D eigenvalue weighted by molar-refractivity contribution is 5.91. The highest BCUT2D eigenvalue weighted by Crippen LogP contribution is 2.31. The first-order chi connectivity index (χ1) is 8.40. The second-order valence-corrected chi connectivity index (χ2v) is 6.07. The Balaban J connectivity index is 2.28. The number of hydrogen-bond acceptors (Lipinski definition) is 3. The summed E-state index contributed by atoms with van der Waals surface area (Å²) in [5.41, 5.74) is 3.40. The summed E-state index contributed by atoms with van der Waals surface area (Å²) >= 11 is 0. The second-order valence-electron chi connectivity index (χ2n) is 6.07. The summed E-state index contributed by atoms with van der Waals surface area (Å²) in [5.74, 6) is -0.264. The number of carbonyl (C=O) groups excluding carboxylic acids is 1. The molecule has 0 fully saturated rings. The summed E-state index contributed by atoms with van der Waals surface area (Å²) in [4.78, 5) is 13.9. The molecule has 98 valence electrons. The standard InChI is InChI=1S/C15H21NO2/c1-15(2,3)10-16-8-7-11-5-6-12(9-13(11)16)14(17)18-4/h5-6,9H,7-8,10H2,1-4H3. The van der Waals surface area contributed by atoms with E-state index >= 15 is 0 Å². The van der Waals surface area contributed by atoms with Gasteiger partial charge in [-0.05, 0) is 29.5 Å². The van der Waals surface area contributed by atoms with Crippen LogP contribution < -0.4 is 4.90 Å². The molecule has 18 heavy (non-hydrogen) atoms. The highest BCUT2D eigenvalue weighted by Gasteiger charge is 2.24. The van der Waals surface area contributed by atoms with Gasteiger partial charge in [-0.25, -0.2) is 4.79 Å². The van der Waals surface area contributed by atoms with Gasteiger partial charge in [-0.15, -0.1) is 0 Å². The molecule has 0 atom stereocenters. The van der Waals surface area contributed by atoms with E-state index in [1.165, 1.54) is 18.4 Å². The predicted molar refractivity (Wildman–Crippen MR) is 73.2 cm³/mol. The van der Waals surface area contributed by atoms with Gasteiger partial charge in [0.15, 0.2) is 0 Å². The Labute approximate surface area is 109 Å². The maximum absolute atomic E-state index is 11.6. The molecule has 1 aliphatic heterocycles. The van der Waals surface area contributed by atoms with Crippen LogP contribution in [0, 0.1) is 5.41 Å². The smallest absolute Gasteiger partial charge is 0.337 e. The van der Waals surface area contributed by atoms with Crippen LogP contribution in [0.15, 0.2) is 18.2 Å². The van der Waals surface area contributed by atoms with Crippen molar-refractivity contribution < 1.29 is 9.53 Å². The lowest BCUT2D eigenvalue weighted by molar-refractivity contribution is 0.0601. The molecule has 3 heteroatoms. The Morgan fingerprint density at radius 3 is 2.72 bits per heavy atom. The van der Waals surface area contributed by atoms with E-state index in [0.29, 0.717) is 5.56 Å². The van der Waals surface area contributed by atoms with E-state index in [1.807, 2.05) is 18.2 Å². The molecule has 0 unspecified atom stereocenters. The van der Waals surface area contributed by atoms with E-state index in [2.05, 4.69) is 25.7 Å². The molecule has 1 heterocycles. The van der Waals surface area contributed by atoms with Crippen molar-refractivity contribution in [2.75, 3.05) is 25.1 Å². The second kappa shape index (κ2) is 4.63. The number of rotatable bonds is 2. The third-order valence-electron chi connectivity index (χ3n) is 3.16. The van der Waals surface area contributed by atoms with Crippen LogP contribution in [0.3, 0.4) is 0 Å². The van der Waals surface area contributed by atoms with E-state index in [-0.39, 0.29) is 11.4 Å². The molecule has 0 aromatic heterocycles. The summed E-state index contributed by atoms with van der Waals surface area (Å²) in [6, 6.07) is 5.86. The molecule has 0 radical (unpaired) electrons. The van der Waals surface area contributed by atoms with Gasteiger partial charge in [-0.3, -0.25) is 0 Å². The van der Waals surface area contributed by atoms with Gasteiger partial charge in [-0.2, -0.15) is 0 Å².